The van der Waals surface area contributed by atoms with Gasteiger partial charge < -0.3 is 10.2 Å². The normalized spacial score (nSPS) is 9.81. The summed E-state index contributed by atoms with van der Waals surface area (Å²) in [5.41, 5.74) is 0.251. The molecule has 2 aromatic rings. The number of hydrogen-bond donors (Lipinski definition) is 1. The Morgan fingerprint density at radius 1 is 1.15 bits per heavy atom. The van der Waals surface area contributed by atoms with Gasteiger partial charge in [-0.25, -0.2) is 9.97 Å². The van der Waals surface area contributed by atoms with Gasteiger partial charge in [0.05, 0.1) is 29.9 Å². The molecule has 0 spiro atoms. The molecule has 0 radical (unpaired) electrons. The van der Waals surface area contributed by atoms with Crippen molar-refractivity contribution in [3.63, 3.8) is 0 Å². The molecule has 0 amide bonds. The number of rotatable bonds is 8. The van der Waals surface area contributed by atoms with E-state index in [2.05, 4.69) is 15.3 Å². The molecule has 26 heavy (non-hydrogen) atoms. The van der Waals surface area contributed by atoms with Gasteiger partial charge in [-0.1, -0.05) is 11.6 Å². The van der Waals surface area contributed by atoms with Crippen molar-refractivity contribution in [1.29, 1.82) is 10.5 Å². The average Bonchev–Trinajstić information content (AvgIpc) is 2.63. The molecular formula is C16H14ClN7O2. The lowest BCUT2D eigenvalue weighted by atomic mass is 10.3. The topological polar surface area (TPSA) is 132 Å². The maximum absolute atomic E-state index is 11.6. The van der Waals surface area contributed by atoms with Crippen molar-refractivity contribution in [3.8, 4) is 12.1 Å². The molecule has 0 aliphatic carbocycles. The summed E-state index contributed by atoms with van der Waals surface area (Å²) >= 11 is 5.84. The van der Waals surface area contributed by atoms with Gasteiger partial charge in [-0.05, 0) is 24.3 Å². The number of halogens is 1. The van der Waals surface area contributed by atoms with Crippen molar-refractivity contribution in [3.05, 3.63) is 45.7 Å². The number of nitrogens with one attached hydrogen (secondary N) is 1. The van der Waals surface area contributed by atoms with Gasteiger partial charge in [0.15, 0.2) is 0 Å². The molecule has 1 aromatic heterocycles. The summed E-state index contributed by atoms with van der Waals surface area (Å²) in [4.78, 5) is 20.6. The minimum atomic E-state index is -0.584. The van der Waals surface area contributed by atoms with Crippen LogP contribution in [0.2, 0.25) is 5.02 Å². The summed E-state index contributed by atoms with van der Waals surface area (Å²) < 4.78 is 0. The first-order valence-electron chi connectivity index (χ1n) is 7.57. The monoisotopic (exact) mass is 371 g/mol. The molecule has 0 aliphatic rings. The maximum atomic E-state index is 11.6. The van der Waals surface area contributed by atoms with Gasteiger partial charge in [-0.15, -0.1) is 0 Å². The molecule has 1 aromatic carbocycles. The lowest BCUT2D eigenvalue weighted by Crippen LogP contribution is -2.27. The first-order valence-corrected chi connectivity index (χ1v) is 7.95. The molecule has 0 saturated carbocycles. The number of anilines is 3. The zero-order valence-electron chi connectivity index (χ0n) is 13.6. The largest absolute Gasteiger partial charge is 0.353 e. The number of benzene rings is 1. The number of nitrogens with zero attached hydrogens (tertiary/aromatic N) is 6. The van der Waals surface area contributed by atoms with Crippen molar-refractivity contribution in [2.45, 2.75) is 12.8 Å². The molecule has 2 rings (SSSR count). The van der Waals surface area contributed by atoms with Crippen LogP contribution in [0.3, 0.4) is 0 Å². The van der Waals surface area contributed by atoms with E-state index < -0.39 is 4.92 Å². The van der Waals surface area contributed by atoms with E-state index in [0.717, 1.165) is 0 Å². The second-order valence-electron chi connectivity index (χ2n) is 5.09. The van der Waals surface area contributed by atoms with Crippen molar-refractivity contribution < 1.29 is 4.92 Å². The first-order chi connectivity index (χ1) is 12.6. The first kappa shape index (κ1) is 18.9. The zero-order chi connectivity index (χ0) is 18.9. The van der Waals surface area contributed by atoms with Crippen molar-refractivity contribution in [1.82, 2.24) is 9.97 Å². The summed E-state index contributed by atoms with van der Waals surface area (Å²) in [6.07, 6.45) is 1.49. The molecule has 9 nitrogen and oxygen atoms in total. The smallest absolute Gasteiger partial charge is 0.349 e. The van der Waals surface area contributed by atoms with E-state index in [4.69, 9.17) is 22.1 Å². The zero-order valence-corrected chi connectivity index (χ0v) is 14.3. The lowest BCUT2D eigenvalue weighted by molar-refractivity contribution is -0.383. The Kier molecular flexibility index (Phi) is 6.66. The molecule has 1 heterocycles. The van der Waals surface area contributed by atoms with Gasteiger partial charge in [0.2, 0.25) is 11.6 Å². The fraction of sp³-hybridized carbons (Fsp3) is 0.250. The second kappa shape index (κ2) is 9.16. The van der Waals surface area contributed by atoms with Crippen LogP contribution < -0.4 is 10.2 Å². The molecule has 1 N–H and O–H groups in total. The van der Waals surface area contributed by atoms with Crippen LogP contribution in [0.15, 0.2) is 30.6 Å². The van der Waals surface area contributed by atoms with E-state index in [1.54, 1.807) is 29.2 Å². The van der Waals surface area contributed by atoms with E-state index in [9.17, 15) is 10.1 Å². The van der Waals surface area contributed by atoms with E-state index >= 15 is 0 Å². The van der Waals surface area contributed by atoms with Crippen LogP contribution >= 0.6 is 11.6 Å². The molecule has 0 aliphatic heterocycles. The summed E-state index contributed by atoms with van der Waals surface area (Å²) in [5, 5.41) is 32.7. The van der Waals surface area contributed by atoms with Gasteiger partial charge in [-0.3, -0.25) is 10.1 Å². The van der Waals surface area contributed by atoms with Crippen LogP contribution in [0.4, 0.5) is 23.0 Å². The second-order valence-corrected chi connectivity index (χ2v) is 5.52. The van der Waals surface area contributed by atoms with Crippen LogP contribution in [0, 0.1) is 32.8 Å². The Hall–Kier alpha value is -3.43. The SMILES string of the molecule is N#CCCN(CCC#N)c1ncnc(Nc2ccc(Cl)cc2)c1[N+](=O)[O-]. The Morgan fingerprint density at radius 2 is 1.77 bits per heavy atom. The average molecular weight is 372 g/mol. The van der Waals surface area contributed by atoms with Gasteiger partial charge in [-0.2, -0.15) is 10.5 Å². The van der Waals surface area contributed by atoms with Gasteiger partial charge in [0.25, 0.3) is 0 Å². The Bertz CT molecular complexity index is 840. The number of hydrogen-bond acceptors (Lipinski definition) is 8. The predicted octanol–water partition coefficient (Wildman–Crippen LogP) is 3.42. The molecule has 0 unspecified atom stereocenters. The van der Waals surface area contributed by atoms with Gasteiger partial charge in [0, 0.05) is 23.8 Å². The summed E-state index contributed by atoms with van der Waals surface area (Å²) in [6.45, 7) is 0.437. The molecular weight excluding hydrogens is 358 g/mol. The molecule has 0 fully saturated rings. The predicted molar refractivity (Wildman–Crippen MR) is 96.1 cm³/mol. The Balaban J connectivity index is 2.42. The third kappa shape index (κ3) is 4.79. The van der Waals surface area contributed by atoms with Crippen molar-refractivity contribution >= 4 is 34.6 Å². The van der Waals surface area contributed by atoms with Gasteiger partial charge >= 0.3 is 5.69 Å². The minimum Gasteiger partial charge on any atom is -0.349 e. The lowest BCUT2D eigenvalue weighted by Gasteiger charge is -2.21. The number of nitriles is 2. The maximum Gasteiger partial charge on any atom is 0.353 e. The highest BCUT2D eigenvalue weighted by Gasteiger charge is 2.27. The minimum absolute atomic E-state index is 0.0150. The molecule has 0 atom stereocenters. The van der Waals surface area contributed by atoms with Gasteiger partial charge in [0.1, 0.15) is 6.33 Å². The molecule has 132 valence electrons. The highest BCUT2D eigenvalue weighted by Crippen LogP contribution is 2.33. The summed E-state index contributed by atoms with van der Waals surface area (Å²) in [5.74, 6) is 0.0770. The Morgan fingerprint density at radius 3 is 2.31 bits per heavy atom. The van der Waals surface area contributed by atoms with E-state index in [1.165, 1.54) is 6.33 Å². The number of aromatic nitrogens is 2. The van der Waals surface area contributed by atoms with Crippen LogP contribution in [-0.4, -0.2) is 28.0 Å². The van der Waals surface area contributed by atoms with Crippen LogP contribution in [-0.2, 0) is 0 Å². The fourth-order valence-corrected chi connectivity index (χ4v) is 2.35. The molecule has 0 bridgehead atoms. The van der Waals surface area contributed by atoms with Crippen LogP contribution in [0.5, 0.6) is 0 Å². The standard InChI is InChI=1S/C16H14ClN7O2/c17-12-3-5-13(6-4-12)22-15-14(24(25)26)16(21-11-20-15)23(9-1-7-18)10-2-8-19/h3-6,11H,1-2,9-10H2,(H,20,21,22). The fourth-order valence-electron chi connectivity index (χ4n) is 2.22. The molecule has 10 heteroatoms. The third-order valence-electron chi connectivity index (χ3n) is 3.38. The Labute approximate surface area is 154 Å². The third-order valence-corrected chi connectivity index (χ3v) is 3.63. The quantitative estimate of drug-likeness (QED) is 0.551. The summed E-state index contributed by atoms with van der Waals surface area (Å²) in [6, 6.07) is 10.6. The van der Waals surface area contributed by atoms with Crippen LogP contribution in [0.1, 0.15) is 12.8 Å². The molecule has 0 saturated heterocycles. The van der Waals surface area contributed by atoms with Crippen molar-refractivity contribution in [2.24, 2.45) is 0 Å². The van der Waals surface area contributed by atoms with E-state index in [1.807, 2.05) is 12.1 Å². The highest BCUT2D eigenvalue weighted by atomic mass is 35.5. The van der Waals surface area contributed by atoms with E-state index in [0.29, 0.717) is 10.7 Å². The number of nitro groups is 1. The highest BCUT2D eigenvalue weighted by molar-refractivity contribution is 6.30. The van der Waals surface area contributed by atoms with Crippen molar-refractivity contribution in [2.75, 3.05) is 23.3 Å². The summed E-state index contributed by atoms with van der Waals surface area (Å²) in [7, 11) is 0. The van der Waals surface area contributed by atoms with Crippen LogP contribution in [0.25, 0.3) is 0 Å². The van der Waals surface area contributed by atoms with E-state index in [-0.39, 0.29) is 43.3 Å².